The molecule has 0 bridgehead atoms. The molecule has 2 aromatic rings. The van der Waals surface area contributed by atoms with E-state index in [1.54, 1.807) is 19.1 Å². The van der Waals surface area contributed by atoms with Crippen molar-refractivity contribution >= 4 is 39.0 Å². The van der Waals surface area contributed by atoms with Crippen LogP contribution in [0.25, 0.3) is 0 Å². The van der Waals surface area contributed by atoms with Crippen molar-refractivity contribution in [3.63, 3.8) is 0 Å². The number of aryl methyl sites for hydroxylation is 2. The van der Waals surface area contributed by atoms with E-state index >= 15 is 0 Å². The Morgan fingerprint density at radius 1 is 1.13 bits per heavy atom. The third kappa shape index (κ3) is 6.83. The van der Waals surface area contributed by atoms with E-state index in [0.717, 1.165) is 35.0 Å². The highest BCUT2D eigenvalue weighted by molar-refractivity contribution is 7.89. The van der Waals surface area contributed by atoms with Crippen molar-refractivity contribution in [3.05, 3.63) is 40.0 Å². The molecular weight excluding hydrogens is 526 g/mol. The summed E-state index contributed by atoms with van der Waals surface area (Å²) in [6, 6.07) is 2.98. The quantitative estimate of drug-likeness (QED) is 0.505. The van der Waals surface area contributed by atoms with E-state index in [2.05, 4.69) is 20.6 Å². The van der Waals surface area contributed by atoms with Crippen LogP contribution < -0.4 is 10.6 Å². The highest BCUT2D eigenvalue weighted by atomic mass is 32.2. The first-order valence-corrected chi connectivity index (χ1v) is 15.4. The molecule has 4 rings (SSSR count). The SMILES string of the molecule is Cc1nc(C)c(C(=O)N[C@@H](CC2CCCCC2)C(=O)N[C@H]2CCCN(S(=O)(=O)c3ccccn3)CC2=O)s1. The van der Waals surface area contributed by atoms with Crippen LogP contribution in [0.15, 0.2) is 29.4 Å². The minimum atomic E-state index is -3.93. The van der Waals surface area contributed by atoms with Crippen LogP contribution >= 0.6 is 11.3 Å². The van der Waals surface area contributed by atoms with E-state index in [-0.39, 0.29) is 29.8 Å². The van der Waals surface area contributed by atoms with Crippen LogP contribution in [0.5, 0.6) is 0 Å². The third-order valence-electron chi connectivity index (χ3n) is 7.20. The topological polar surface area (TPSA) is 138 Å². The molecule has 1 saturated carbocycles. The number of nitrogens with zero attached hydrogens (tertiary/aromatic N) is 3. The number of aromatic nitrogens is 2. The second-order valence-corrected chi connectivity index (χ2v) is 13.2. The summed E-state index contributed by atoms with van der Waals surface area (Å²) in [5.74, 6) is -0.828. The number of amides is 2. The molecule has 0 radical (unpaired) electrons. The van der Waals surface area contributed by atoms with Gasteiger partial charge in [0, 0.05) is 12.7 Å². The normalized spacial score (nSPS) is 20.5. The lowest BCUT2D eigenvalue weighted by Crippen LogP contribution is -2.53. The summed E-state index contributed by atoms with van der Waals surface area (Å²) in [6.45, 7) is 3.41. The Bertz CT molecular complexity index is 1260. The molecular formula is C26H35N5O5S2. The van der Waals surface area contributed by atoms with Gasteiger partial charge in [-0.15, -0.1) is 11.3 Å². The molecule has 1 aliphatic heterocycles. The molecule has 0 spiro atoms. The number of carbonyl (C=O) groups excluding carboxylic acids is 3. The van der Waals surface area contributed by atoms with Gasteiger partial charge in [-0.1, -0.05) is 38.2 Å². The molecule has 10 nitrogen and oxygen atoms in total. The van der Waals surface area contributed by atoms with E-state index in [1.165, 1.54) is 30.0 Å². The number of nitrogens with one attached hydrogen (secondary N) is 2. The zero-order valence-corrected chi connectivity index (χ0v) is 23.4. The molecule has 2 fully saturated rings. The molecule has 1 aliphatic carbocycles. The fourth-order valence-corrected chi connectivity index (χ4v) is 7.41. The van der Waals surface area contributed by atoms with Crippen molar-refractivity contribution in [3.8, 4) is 0 Å². The molecule has 3 heterocycles. The van der Waals surface area contributed by atoms with Gasteiger partial charge in [0.1, 0.15) is 10.9 Å². The Kier molecular flexibility index (Phi) is 9.27. The van der Waals surface area contributed by atoms with Gasteiger partial charge in [0.25, 0.3) is 15.9 Å². The highest BCUT2D eigenvalue weighted by Crippen LogP contribution is 2.28. The Labute approximate surface area is 227 Å². The summed E-state index contributed by atoms with van der Waals surface area (Å²) < 4.78 is 27.1. The zero-order chi connectivity index (χ0) is 27.3. The van der Waals surface area contributed by atoms with Crippen LogP contribution in [-0.4, -0.2) is 65.5 Å². The molecule has 2 amide bonds. The number of sulfonamides is 1. The van der Waals surface area contributed by atoms with Gasteiger partial charge in [-0.05, 0) is 51.2 Å². The van der Waals surface area contributed by atoms with Gasteiger partial charge < -0.3 is 10.6 Å². The summed E-state index contributed by atoms with van der Waals surface area (Å²) in [7, 11) is -3.93. The molecule has 2 N–H and O–H groups in total. The van der Waals surface area contributed by atoms with Crippen LogP contribution in [0.4, 0.5) is 0 Å². The van der Waals surface area contributed by atoms with Crippen LogP contribution in [0.1, 0.15) is 71.7 Å². The van der Waals surface area contributed by atoms with Gasteiger partial charge >= 0.3 is 0 Å². The molecule has 2 aromatic heterocycles. The lowest BCUT2D eigenvalue weighted by molar-refractivity contribution is -0.129. The number of ketones is 1. The fraction of sp³-hybridized carbons (Fsp3) is 0.577. The van der Waals surface area contributed by atoms with Crippen LogP contribution in [0.2, 0.25) is 0 Å². The van der Waals surface area contributed by atoms with E-state index in [1.807, 2.05) is 6.92 Å². The van der Waals surface area contributed by atoms with Crippen LogP contribution in [0.3, 0.4) is 0 Å². The maximum absolute atomic E-state index is 13.5. The first kappa shape index (κ1) is 28.3. The second kappa shape index (κ2) is 12.4. The van der Waals surface area contributed by atoms with E-state index < -0.39 is 28.0 Å². The van der Waals surface area contributed by atoms with Crippen molar-refractivity contribution in [2.45, 2.75) is 82.3 Å². The van der Waals surface area contributed by atoms with Crippen molar-refractivity contribution in [2.24, 2.45) is 5.92 Å². The number of thiazole rings is 1. The van der Waals surface area contributed by atoms with Crippen LogP contribution in [0, 0.1) is 19.8 Å². The number of hydrogen-bond acceptors (Lipinski definition) is 8. The third-order valence-corrected chi connectivity index (χ3v) is 10.0. The predicted octanol–water partition coefficient (Wildman–Crippen LogP) is 2.76. The number of rotatable bonds is 8. The van der Waals surface area contributed by atoms with E-state index in [9.17, 15) is 22.8 Å². The number of carbonyl (C=O) groups is 3. The van der Waals surface area contributed by atoms with E-state index in [4.69, 9.17) is 0 Å². The minimum Gasteiger partial charge on any atom is -0.344 e. The molecule has 206 valence electrons. The fourth-order valence-electron chi connectivity index (χ4n) is 5.21. The molecule has 0 unspecified atom stereocenters. The van der Waals surface area contributed by atoms with Gasteiger partial charge in [-0.3, -0.25) is 14.4 Å². The standard InChI is InChI=1S/C26H35N5O5S2/c1-17-24(37-18(2)28-17)26(34)30-21(15-19-9-4-3-5-10-19)25(33)29-20-11-8-14-31(16-22(20)32)38(35,36)23-12-6-7-13-27-23/h6-7,12-13,19-21H,3-5,8-11,14-16H2,1-2H3,(H,29,33)(H,30,34)/t20-,21-/m0/s1. The Balaban J connectivity index is 1.46. The maximum atomic E-state index is 13.5. The summed E-state index contributed by atoms with van der Waals surface area (Å²) >= 11 is 1.29. The van der Waals surface area contributed by atoms with Gasteiger partial charge in [0.2, 0.25) is 5.91 Å². The summed E-state index contributed by atoms with van der Waals surface area (Å²) in [5.41, 5.74) is 0.620. The van der Waals surface area contributed by atoms with Crippen molar-refractivity contribution in [2.75, 3.05) is 13.1 Å². The van der Waals surface area contributed by atoms with Gasteiger partial charge in [0.15, 0.2) is 10.8 Å². The summed E-state index contributed by atoms with van der Waals surface area (Å²) in [4.78, 5) is 48.4. The lowest BCUT2D eigenvalue weighted by Gasteiger charge is -2.27. The molecule has 2 aliphatic rings. The maximum Gasteiger partial charge on any atom is 0.263 e. The van der Waals surface area contributed by atoms with Crippen molar-refractivity contribution in [1.29, 1.82) is 0 Å². The molecule has 38 heavy (non-hydrogen) atoms. The minimum absolute atomic E-state index is 0.112. The summed E-state index contributed by atoms with van der Waals surface area (Å²) in [6.07, 6.45) is 7.98. The van der Waals surface area contributed by atoms with Crippen LogP contribution in [-0.2, 0) is 19.6 Å². The lowest BCUT2D eigenvalue weighted by atomic mass is 9.84. The van der Waals surface area contributed by atoms with Crippen molar-refractivity contribution in [1.82, 2.24) is 24.9 Å². The Morgan fingerprint density at radius 3 is 2.55 bits per heavy atom. The first-order valence-electron chi connectivity index (χ1n) is 13.1. The molecule has 0 aromatic carbocycles. The smallest absolute Gasteiger partial charge is 0.263 e. The van der Waals surface area contributed by atoms with Gasteiger partial charge in [0.05, 0.1) is 23.3 Å². The highest BCUT2D eigenvalue weighted by Gasteiger charge is 2.35. The molecule has 1 saturated heterocycles. The average Bonchev–Trinajstić information content (AvgIpc) is 3.13. The molecule has 12 heteroatoms. The number of hydrogen-bond donors (Lipinski definition) is 2. The first-order chi connectivity index (χ1) is 18.1. The molecule has 2 atom stereocenters. The summed E-state index contributed by atoms with van der Waals surface area (Å²) in [5, 5.41) is 6.40. The zero-order valence-electron chi connectivity index (χ0n) is 21.8. The van der Waals surface area contributed by atoms with Crippen molar-refractivity contribution < 1.29 is 22.8 Å². The Morgan fingerprint density at radius 2 is 1.89 bits per heavy atom. The monoisotopic (exact) mass is 561 g/mol. The average molecular weight is 562 g/mol. The number of Topliss-reactive ketones (excluding diaryl/α,β-unsaturated/α-hetero) is 1. The van der Waals surface area contributed by atoms with E-state index in [0.29, 0.717) is 35.8 Å². The second-order valence-electron chi connectivity index (χ2n) is 10.1. The van der Waals surface area contributed by atoms with Gasteiger partial charge in [-0.25, -0.2) is 18.4 Å². The largest absolute Gasteiger partial charge is 0.344 e. The predicted molar refractivity (Wildman–Crippen MR) is 143 cm³/mol. The number of pyridine rings is 1. The van der Waals surface area contributed by atoms with Gasteiger partial charge in [-0.2, -0.15) is 4.31 Å². The Hall–Kier alpha value is -2.70.